The van der Waals surface area contributed by atoms with E-state index in [0.717, 1.165) is 25.7 Å². The molecule has 0 saturated carbocycles. The molecule has 2 unspecified atom stereocenters. The number of nitrogens with two attached hydrogens (primary N) is 2. The van der Waals surface area contributed by atoms with E-state index in [-0.39, 0.29) is 12.2 Å². The van der Waals surface area contributed by atoms with Crippen molar-refractivity contribution in [3.8, 4) is 0 Å². The van der Waals surface area contributed by atoms with Crippen molar-refractivity contribution in [3.63, 3.8) is 0 Å². The zero-order chi connectivity index (χ0) is 15.1. The first-order chi connectivity index (χ1) is 9.70. The van der Waals surface area contributed by atoms with Gasteiger partial charge in [-0.1, -0.05) is 64.2 Å². The van der Waals surface area contributed by atoms with Crippen molar-refractivity contribution in [2.24, 2.45) is 11.5 Å². The van der Waals surface area contributed by atoms with Gasteiger partial charge in [0.2, 0.25) is 0 Å². The van der Waals surface area contributed by atoms with Gasteiger partial charge in [0.25, 0.3) is 0 Å². The Morgan fingerprint density at radius 2 is 0.750 bits per heavy atom. The van der Waals surface area contributed by atoms with Crippen LogP contribution >= 0.6 is 0 Å². The summed E-state index contributed by atoms with van der Waals surface area (Å²) in [7, 11) is 0. The number of aliphatic hydroxyl groups excluding tert-OH is 2. The summed E-state index contributed by atoms with van der Waals surface area (Å²) in [5.74, 6) is 0. The highest BCUT2D eigenvalue weighted by molar-refractivity contribution is 4.57. The predicted octanol–water partition coefficient (Wildman–Crippen LogP) is 2.31. The van der Waals surface area contributed by atoms with Crippen molar-refractivity contribution >= 4 is 0 Å². The zero-order valence-electron chi connectivity index (χ0n) is 13.1. The molecule has 0 aromatic heterocycles. The third kappa shape index (κ3) is 14.3. The maximum Gasteiger partial charge on any atom is 0.0662 e. The van der Waals surface area contributed by atoms with Gasteiger partial charge >= 0.3 is 0 Å². The van der Waals surface area contributed by atoms with Crippen LogP contribution in [0.4, 0.5) is 0 Å². The molecule has 4 heteroatoms. The summed E-state index contributed by atoms with van der Waals surface area (Å²) >= 11 is 0. The van der Waals surface area contributed by atoms with Gasteiger partial charge in [-0.05, 0) is 12.8 Å². The fourth-order valence-electron chi connectivity index (χ4n) is 2.41. The Bertz CT molecular complexity index is 171. The zero-order valence-corrected chi connectivity index (χ0v) is 13.1. The molecule has 0 spiro atoms. The molecule has 6 N–H and O–H groups in total. The first-order valence-corrected chi connectivity index (χ1v) is 8.47. The van der Waals surface area contributed by atoms with Crippen LogP contribution in [0.3, 0.4) is 0 Å². The van der Waals surface area contributed by atoms with E-state index in [4.69, 9.17) is 11.5 Å². The van der Waals surface area contributed by atoms with E-state index in [2.05, 4.69) is 0 Å². The highest BCUT2D eigenvalue weighted by Crippen LogP contribution is 2.12. The van der Waals surface area contributed by atoms with E-state index < -0.39 is 0 Å². The SMILES string of the molecule is NCC(O)CCCCCCCCCCCCC(O)CN. The molecule has 0 heterocycles. The Labute approximate surface area is 124 Å². The molecule has 0 aliphatic rings. The third-order valence-electron chi connectivity index (χ3n) is 3.87. The van der Waals surface area contributed by atoms with Gasteiger partial charge in [-0.25, -0.2) is 0 Å². The molecule has 0 fully saturated rings. The summed E-state index contributed by atoms with van der Waals surface area (Å²) < 4.78 is 0. The number of rotatable bonds is 15. The molecule has 4 nitrogen and oxygen atoms in total. The van der Waals surface area contributed by atoms with E-state index in [0.29, 0.717) is 13.1 Å². The van der Waals surface area contributed by atoms with Crippen LogP contribution in [-0.2, 0) is 0 Å². The van der Waals surface area contributed by atoms with E-state index in [1.165, 1.54) is 51.4 Å². The second-order valence-electron chi connectivity index (χ2n) is 5.89. The second-order valence-corrected chi connectivity index (χ2v) is 5.89. The third-order valence-corrected chi connectivity index (χ3v) is 3.87. The molecule has 0 bridgehead atoms. The van der Waals surface area contributed by atoms with Crippen molar-refractivity contribution in [2.45, 2.75) is 89.3 Å². The van der Waals surface area contributed by atoms with Crippen LogP contribution < -0.4 is 11.5 Å². The molecule has 0 aliphatic heterocycles. The Morgan fingerprint density at radius 3 is 1.00 bits per heavy atom. The van der Waals surface area contributed by atoms with Crippen LogP contribution in [0.5, 0.6) is 0 Å². The summed E-state index contributed by atoms with van der Waals surface area (Å²) in [5, 5.41) is 18.6. The van der Waals surface area contributed by atoms with Crippen molar-refractivity contribution in [1.82, 2.24) is 0 Å². The number of aliphatic hydroxyl groups is 2. The van der Waals surface area contributed by atoms with Gasteiger partial charge in [-0.3, -0.25) is 0 Å². The topological polar surface area (TPSA) is 92.5 Å². The first-order valence-electron chi connectivity index (χ1n) is 8.47. The smallest absolute Gasteiger partial charge is 0.0662 e. The van der Waals surface area contributed by atoms with Gasteiger partial charge in [-0.2, -0.15) is 0 Å². The minimum Gasteiger partial charge on any atom is -0.392 e. The van der Waals surface area contributed by atoms with Gasteiger partial charge in [-0.15, -0.1) is 0 Å². The molecule has 0 radical (unpaired) electrons. The molecule has 20 heavy (non-hydrogen) atoms. The Balaban J connectivity index is 3.03. The highest BCUT2D eigenvalue weighted by atomic mass is 16.3. The van der Waals surface area contributed by atoms with Crippen molar-refractivity contribution < 1.29 is 10.2 Å². The van der Waals surface area contributed by atoms with Crippen LogP contribution in [0.15, 0.2) is 0 Å². The van der Waals surface area contributed by atoms with Crippen LogP contribution in [-0.4, -0.2) is 35.5 Å². The largest absolute Gasteiger partial charge is 0.392 e. The Kier molecular flexibility index (Phi) is 15.1. The average Bonchev–Trinajstić information content (AvgIpc) is 2.47. The predicted molar refractivity (Wildman–Crippen MR) is 85.5 cm³/mol. The monoisotopic (exact) mass is 288 g/mol. The summed E-state index contributed by atoms with van der Waals surface area (Å²) in [6, 6.07) is 0. The van der Waals surface area contributed by atoms with Gasteiger partial charge < -0.3 is 21.7 Å². The second kappa shape index (κ2) is 15.2. The summed E-state index contributed by atoms with van der Waals surface area (Å²) in [6.45, 7) is 0.782. The fourth-order valence-corrected chi connectivity index (χ4v) is 2.41. The van der Waals surface area contributed by atoms with Crippen LogP contribution in [0.2, 0.25) is 0 Å². The van der Waals surface area contributed by atoms with Crippen LogP contribution in [0, 0.1) is 0 Å². The minimum absolute atomic E-state index is 0.298. The number of unbranched alkanes of at least 4 members (excludes halogenated alkanes) is 9. The lowest BCUT2D eigenvalue weighted by atomic mass is 10.0. The molecule has 0 aromatic carbocycles. The quantitative estimate of drug-likeness (QED) is 0.348. The average molecular weight is 288 g/mol. The molecule has 0 aromatic rings. The lowest BCUT2D eigenvalue weighted by molar-refractivity contribution is 0.168. The molecule has 2 atom stereocenters. The lowest BCUT2D eigenvalue weighted by Crippen LogP contribution is -2.19. The molecule has 122 valence electrons. The standard InChI is InChI=1S/C16H36N2O2/c17-13-15(19)11-9-7-5-3-1-2-4-6-8-10-12-16(20)14-18/h15-16,19-20H,1-14,17-18H2. The van der Waals surface area contributed by atoms with E-state index >= 15 is 0 Å². The van der Waals surface area contributed by atoms with Crippen molar-refractivity contribution in [2.75, 3.05) is 13.1 Å². The molecule has 0 aliphatic carbocycles. The normalized spacial score (nSPS) is 14.4. The van der Waals surface area contributed by atoms with E-state index in [9.17, 15) is 10.2 Å². The first kappa shape index (κ1) is 19.8. The summed E-state index contributed by atoms with van der Waals surface area (Å²) in [5.41, 5.74) is 10.7. The maximum atomic E-state index is 9.30. The van der Waals surface area contributed by atoms with E-state index in [1.54, 1.807) is 0 Å². The van der Waals surface area contributed by atoms with Gasteiger partial charge in [0, 0.05) is 13.1 Å². The number of hydrogen-bond acceptors (Lipinski definition) is 4. The fraction of sp³-hybridized carbons (Fsp3) is 1.00. The van der Waals surface area contributed by atoms with Gasteiger partial charge in [0.15, 0.2) is 0 Å². The maximum absolute atomic E-state index is 9.30. The highest BCUT2D eigenvalue weighted by Gasteiger charge is 2.01. The summed E-state index contributed by atoms with van der Waals surface area (Å²) in [6.07, 6.45) is 13.6. The van der Waals surface area contributed by atoms with E-state index in [1.807, 2.05) is 0 Å². The van der Waals surface area contributed by atoms with Crippen molar-refractivity contribution in [3.05, 3.63) is 0 Å². The van der Waals surface area contributed by atoms with Crippen molar-refractivity contribution in [1.29, 1.82) is 0 Å². The van der Waals surface area contributed by atoms with Gasteiger partial charge in [0.05, 0.1) is 12.2 Å². The molecular formula is C16H36N2O2. The molecular weight excluding hydrogens is 252 g/mol. The lowest BCUT2D eigenvalue weighted by Gasteiger charge is -2.07. The molecule has 0 amide bonds. The van der Waals surface area contributed by atoms with Crippen LogP contribution in [0.1, 0.15) is 77.0 Å². The minimum atomic E-state index is -0.298. The molecule has 0 saturated heterocycles. The number of hydrogen-bond donors (Lipinski definition) is 4. The summed E-state index contributed by atoms with van der Waals surface area (Å²) in [4.78, 5) is 0. The molecule has 0 rings (SSSR count). The van der Waals surface area contributed by atoms with Crippen LogP contribution in [0.25, 0.3) is 0 Å². The Morgan fingerprint density at radius 1 is 0.500 bits per heavy atom. The van der Waals surface area contributed by atoms with Gasteiger partial charge in [0.1, 0.15) is 0 Å². The Hall–Kier alpha value is -0.160.